The fourth-order valence-corrected chi connectivity index (χ4v) is 2.58. The lowest BCUT2D eigenvalue weighted by molar-refractivity contribution is -0.120. The van der Waals surface area contributed by atoms with Gasteiger partial charge in [0.15, 0.2) is 5.78 Å². The van der Waals surface area contributed by atoms with Crippen molar-refractivity contribution in [2.75, 3.05) is 11.9 Å². The Hall–Kier alpha value is -3.80. The minimum atomic E-state index is -0.311. The van der Waals surface area contributed by atoms with E-state index < -0.39 is 0 Å². The molecule has 0 aliphatic carbocycles. The smallest absolute Gasteiger partial charge is 0.256 e. The summed E-state index contributed by atoms with van der Waals surface area (Å²) in [5.41, 5.74) is 1.73. The van der Waals surface area contributed by atoms with Crippen molar-refractivity contribution < 1.29 is 14.4 Å². The van der Waals surface area contributed by atoms with Gasteiger partial charge in [-0.15, -0.1) is 0 Å². The summed E-state index contributed by atoms with van der Waals surface area (Å²) in [7, 11) is 0. The molecule has 1 aromatic heterocycles. The quantitative estimate of drug-likeness (QED) is 0.624. The number of pyridine rings is 1. The Morgan fingerprint density at radius 3 is 2.21 bits per heavy atom. The van der Waals surface area contributed by atoms with Crippen molar-refractivity contribution in [3.05, 3.63) is 95.7 Å². The second kappa shape index (κ2) is 9.23. The van der Waals surface area contributed by atoms with Crippen LogP contribution in [0.4, 0.5) is 5.82 Å². The van der Waals surface area contributed by atoms with Crippen LogP contribution in [-0.4, -0.2) is 29.1 Å². The summed E-state index contributed by atoms with van der Waals surface area (Å²) in [6, 6.07) is 21.1. The lowest BCUT2D eigenvalue weighted by atomic mass is 10.1. The molecule has 28 heavy (non-hydrogen) atoms. The van der Waals surface area contributed by atoms with Crippen molar-refractivity contribution in [1.82, 2.24) is 10.3 Å². The highest BCUT2D eigenvalue weighted by molar-refractivity contribution is 6.05. The predicted octanol–water partition coefficient (Wildman–Crippen LogP) is 2.88. The second-order valence-electron chi connectivity index (χ2n) is 6.11. The highest BCUT2D eigenvalue weighted by Crippen LogP contribution is 2.10. The number of amides is 2. The molecule has 0 radical (unpaired) electrons. The summed E-state index contributed by atoms with van der Waals surface area (Å²) >= 11 is 0. The van der Waals surface area contributed by atoms with Gasteiger partial charge < -0.3 is 10.6 Å². The first-order valence-electron chi connectivity index (χ1n) is 8.78. The van der Waals surface area contributed by atoms with Crippen LogP contribution in [0, 0.1) is 0 Å². The first-order valence-corrected chi connectivity index (χ1v) is 8.78. The van der Waals surface area contributed by atoms with E-state index in [0.29, 0.717) is 11.1 Å². The Kier molecular flexibility index (Phi) is 6.25. The fraction of sp³-hybridized carbons (Fsp3) is 0.0909. The van der Waals surface area contributed by atoms with Gasteiger partial charge in [0.25, 0.3) is 5.91 Å². The molecule has 0 saturated carbocycles. The molecule has 6 heteroatoms. The fourth-order valence-electron chi connectivity index (χ4n) is 2.58. The third-order valence-electron chi connectivity index (χ3n) is 4.01. The topological polar surface area (TPSA) is 88.2 Å². The summed E-state index contributed by atoms with van der Waals surface area (Å²) in [5.74, 6) is -0.533. The van der Waals surface area contributed by atoms with Gasteiger partial charge in [0.05, 0.1) is 13.0 Å². The molecule has 0 aliphatic rings. The molecule has 3 rings (SSSR count). The average molecular weight is 373 g/mol. The number of nitrogens with one attached hydrogen (secondary N) is 2. The minimum absolute atomic E-state index is 0.123. The van der Waals surface area contributed by atoms with Crippen molar-refractivity contribution >= 4 is 23.4 Å². The third kappa shape index (κ3) is 5.35. The van der Waals surface area contributed by atoms with Crippen LogP contribution in [0.5, 0.6) is 0 Å². The molecule has 0 unspecified atom stereocenters. The van der Waals surface area contributed by atoms with Crippen LogP contribution in [0.3, 0.4) is 0 Å². The predicted molar refractivity (Wildman–Crippen MR) is 106 cm³/mol. The van der Waals surface area contributed by atoms with E-state index in [9.17, 15) is 14.4 Å². The minimum Gasteiger partial charge on any atom is -0.348 e. The largest absolute Gasteiger partial charge is 0.348 e. The molecule has 140 valence electrons. The number of nitrogens with zero attached hydrogens (tertiary/aromatic N) is 1. The van der Waals surface area contributed by atoms with E-state index in [0.717, 1.165) is 5.56 Å². The lowest BCUT2D eigenvalue weighted by Crippen LogP contribution is -2.30. The zero-order valence-electron chi connectivity index (χ0n) is 15.1. The lowest BCUT2D eigenvalue weighted by Gasteiger charge is -2.07. The molecule has 2 amide bonds. The SMILES string of the molecule is O=C(Cc1ccccc1)NCC(=O)c1ccnc(NC(=O)c2ccccc2)c1. The number of anilines is 1. The zero-order chi connectivity index (χ0) is 19.8. The highest BCUT2D eigenvalue weighted by Gasteiger charge is 2.11. The maximum atomic E-state index is 12.4. The standard InChI is InChI=1S/C22H19N3O3/c26-19(15-24-21(27)13-16-7-3-1-4-8-16)18-11-12-23-20(14-18)25-22(28)17-9-5-2-6-10-17/h1-12,14H,13,15H2,(H,24,27)(H,23,25,28). The molecule has 2 N–H and O–H groups in total. The summed E-state index contributed by atoms with van der Waals surface area (Å²) in [6.07, 6.45) is 1.66. The normalized spacial score (nSPS) is 10.1. The first kappa shape index (κ1) is 19.0. The number of benzene rings is 2. The van der Waals surface area contributed by atoms with Gasteiger partial charge in [0.1, 0.15) is 5.82 Å². The molecular formula is C22H19N3O3. The molecular weight excluding hydrogens is 354 g/mol. The van der Waals surface area contributed by atoms with Gasteiger partial charge in [-0.3, -0.25) is 14.4 Å². The number of Topliss-reactive ketones (excluding diaryl/α,β-unsaturated/α-hetero) is 1. The van der Waals surface area contributed by atoms with Gasteiger partial charge in [0.2, 0.25) is 5.91 Å². The van der Waals surface area contributed by atoms with Crippen LogP contribution < -0.4 is 10.6 Å². The van der Waals surface area contributed by atoms with E-state index in [-0.39, 0.29) is 36.4 Å². The highest BCUT2D eigenvalue weighted by atomic mass is 16.2. The van der Waals surface area contributed by atoms with Crippen molar-refractivity contribution in [3.8, 4) is 0 Å². The van der Waals surface area contributed by atoms with E-state index in [4.69, 9.17) is 0 Å². The van der Waals surface area contributed by atoms with E-state index >= 15 is 0 Å². The van der Waals surface area contributed by atoms with Gasteiger partial charge in [-0.1, -0.05) is 48.5 Å². The van der Waals surface area contributed by atoms with Crippen LogP contribution in [0.25, 0.3) is 0 Å². The molecule has 0 saturated heterocycles. The Labute approximate surface area is 162 Å². The average Bonchev–Trinajstić information content (AvgIpc) is 2.73. The van der Waals surface area contributed by atoms with Crippen LogP contribution in [0.2, 0.25) is 0 Å². The van der Waals surface area contributed by atoms with Crippen molar-refractivity contribution in [3.63, 3.8) is 0 Å². The van der Waals surface area contributed by atoms with E-state index in [1.165, 1.54) is 12.3 Å². The summed E-state index contributed by atoms with van der Waals surface area (Å²) in [5, 5.41) is 5.28. The monoisotopic (exact) mass is 373 g/mol. The molecule has 2 aromatic carbocycles. The summed E-state index contributed by atoms with van der Waals surface area (Å²) < 4.78 is 0. The van der Waals surface area contributed by atoms with Gasteiger partial charge in [-0.2, -0.15) is 0 Å². The van der Waals surface area contributed by atoms with Crippen molar-refractivity contribution in [1.29, 1.82) is 0 Å². The number of hydrogen-bond acceptors (Lipinski definition) is 4. The Bertz CT molecular complexity index is 973. The van der Waals surface area contributed by atoms with E-state index in [2.05, 4.69) is 15.6 Å². The second-order valence-corrected chi connectivity index (χ2v) is 6.11. The number of carbonyl (C=O) groups is 3. The molecule has 0 aliphatic heterocycles. The van der Waals surface area contributed by atoms with E-state index in [1.807, 2.05) is 36.4 Å². The number of hydrogen-bond donors (Lipinski definition) is 2. The van der Waals surface area contributed by atoms with Gasteiger partial charge in [-0.25, -0.2) is 4.98 Å². The molecule has 0 fully saturated rings. The molecule has 6 nitrogen and oxygen atoms in total. The molecule has 0 bridgehead atoms. The third-order valence-corrected chi connectivity index (χ3v) is 4.01. The summed E-state index contributed by atoms with van der Waals surface area (Å²) in [6.45, 7) is -0.123. The first-order chi connectivity index (χ1) is 13.6. The number of carbonyl (C=O) groups excluding carboxylic acids is 3. The van der Waals surface area contributed by atoms with Crippen LogP contribution in [0.1, 0.15) is 26.3 Å². The van der Waals surface area contributed by atoms with Gasteiger partial charge >= 0.3 is 0 Å². The number of aromatic nitrogens is 1. The molecule has 3 aromatic rings. The van der Waals surface area contributed by atoms with Crippen LogP contribution in [-0.2, 0) is 11.2 Å². The zero-order valence-corrected chi connectivity index (χ0v) is 15.1. The Morgan fingerprint density at radius 1 is 0.821 bits per heavy atom. The van der Waals surface area contributed by atoms with Crippen molar-refractivity contribution in [2.45, 2.75) is 6.42 Å². The van der Waals surface area contributed by atoms with Crippen molar-refractivity contribution in [2.24, 2.45) is 0 Å². The van der Waals surface area contributed by atoms with Crippen LogP contribution in [0.15, 0.2) is 79.0 Å². The maximum absolute atomic E-state index is 12.4. The van der Waals surface area contributed by atoms with Crippen LogP contribution >= 0.6 is 0 Å². The molecule has 0 spiro atoms. The molecule has 0 atom stereocenters. The Balaban J connectivity index is 1.56. The molecule has 1 heterocycles. The summed E-state index contributed by atoms with van der Waals surface area (Å²) in [4.78, 5) is 40.6. The van der Waals surface area contributed by atoms with Gasteiger partial charge in [-0.05, 0) is 29.8 Å². The number of ketones is 1. The van der Waals surface area contributed by atoms with E-state index in [1.54, 1.807) is 30.3 Å². The maximum Gasteiger partial charge on any atom is 0.256 e. The van der Waals surface area contributed by atoms with Gasteiger partial charge in [0, 0.05) is 17.3 Å². The number of rotatable bonds is 7. The Morgan fingerprint density at radius 2 is 1.50 bits per heavy atom.